The molecule has 2 aromatic carbocycles. The molecule has 0 spiro atoms. The molecule has 3 aromatic rings. The first-order valence-electron chi connectivity index (χ1n) is 9.21. The van der Waals surface area contributed by atoms with E-state index in [2.05, 4.69) is 15.1 Å². The predicted octanol–water partition coefficient (Wildman–Crippen LogP) is 2.05. The fourth-order valence-corrected chi connectivity index (χ4v) is 3.54. The maximum atomic E-state index is 13.5. The van der Waals surface area contributed by atoms with Gasteiger partial charge in [-0.3, -0.25) is 9.69 Å². The number of β-amino-alcohol motifs (C(OH)–C–C–N with tert-alkyl or cyclic N) is 1. The molecule has 0 aliphatic carbocycles. The number of fused-ring (bicyclic) bond motifs is 1. The minimum atomic E-state index is -0.0106. The van der Waals surface area contributed by atoms with Gasteiger partial charge in [0.05, 0.1) is 17.7 Å². The fraction of sp³-hybridized carbons (Fsp3) is 0.286. The average molecular weight is 362 g/mol. The molecule has 0 saturated carbocycles. The number of benzene rings is 2. The monoisotopic (exact) mass is 362 g/mol. The van der Waals surface area contributed by atoms with E-state index in [1.54, 1.807) is 0 Å². The minimum absolute atomic E-state index is 0.0106. The summed E-state index contributed by atoms with van der Waals surface area (Å²) in [6, 6.07) is 17.4. The Kier molecular flexibility index (Phi) is 5.09. The van der Waals surface area contributed by atoms with E-state index in [1.165, 1.54) is 0 Å². The highest BCUT2D eigenvalue weighted by Gasteiger charge is 2.26. The van der Waals surface area contributed by atoms with Crippen molar-refractivity contribution in [3.05, 3.63) is 60.2 Å². The molecular weight excluding hydrogens is 340 g/mol. The van der Waals surface area contributed by atoms with Crippen molar-refractivity contribution in [2.75, 3.05) is 39.3 Å². The number of hydrogen-bond acceptors (Lipinski definition) is 5. The zero-order valence-electron chi connectivity index (χ0n) is 15.1. The number of carbonyl (C=O) groups excluding carboxylic acids is 1. The van der Waals surface area contributed by atoms with Gasteiger partial charge >= 0.3 is 0 Å². The molecule has 1 amide bonds. The van der Waals surface area contributed by atoms with Crippen molar-refractivity contribution < 1.29 is 9.90 Å². The summed E-state index contributed by atoms with van der Waals surface area (Å²) in [4.78, 5) is 17.5. The van der Waals surface area contributed by atoms with Gasteiger partial charge in [0.15, 0.2) is 0 Å². The van der Waals surface area contributed by atoms with Crippen LogP contribution in [0.15, 0.2) is 54.6 Å². The molecule has 1 aliphatic heterocycles. The summed E-state index contributed by atoms with van der Waals surface area (Å²) in [6.45, 7) is 3.61. The SMILES string of the molecule is O=C(c1c(-c2ccccc2)nnc2ccccc12)N1CCN(CCO)CC1. The van der Waals surface area contributed by atoms with Crippen LogP contribution >= 0.6 is 0 Å². The van der Waals surface area contributed by atoms with Gasteiger partial charge < -0.3 is 10.0 Å². The molecule has 0 radical (unpaired) electrons. The van der Waals surface area contributed by atoms with E-state index in [0.717, 1.165) is 29.6 Å². The first kappa shape index (κ1) is 17.6. The largest absolute Gasteiger partial charge is 0.395 e. The molecule has 0 bridgehead atoms. The summed E-state index contributed by atoms with van der Waals surface area (Å²) in [5, 5.41) is 18.7. The Morgan fingerprint density at radius 3 is 2.37 bits per heavy atom. The quantitative estimate of drug-likeness (QED) is 0.769. The van der Waals surface area contributed by atoms with E-state index in [0.29, 0.717) is 30.9 Å². The summed E-state index contributed by atoms with van der Waals surface area (Å²) in [5.41, 5.74) is 2.84. The Hall–Kier alpha value is -2.83. The third-order valence-electron chi connectivity index (χ3n) is 5.00. The summed E-state index contributed by atoms with van der Waals surface area (Å²) >= 11 is 0. The van der Waals surface area contributed by atoms with Crippen LogP contribution in [0.5, 0.6) is 0 Å². The highest BCUT2D eigenvalue weighted by atomic mass is 16.3. The highest BCUT2D eigenvalue weighted by Crippen LogP contribution is 2.28. The van der Waals surface area contributed by atoms with Gasteiger partial charge in [0.1, 0.15) is 5.69 Å². The van der Waals surface area contributed by atoms with E-state index < -0.39 is 0 Å². The lowest BCUT2D eigenvalue weighted by Gasteiger charge is -2.34. The summed E-state index contributed by atoms with van der Waals surface area (Å²) in [7, 11) is 0. The Morgan fingerprint density at radius 1 is 0.926 bits per heavy atom. The second-order valence-corrected chi connectivity index (χ2v) is 6.66. The second-order valence-electron chi connectivity index (χ2n) is 6.66. The van der Waals surface area contributed by atoms with Gasteiger partial charge in [-0.05, 0) is 6.07 Å². The number of rotatable bonds is 4. The van der Waals surface area contributed by atoms with Crippen molar-refractivity contribution in [1.82, 2.24) is 20.0 Å². The van der Waals surface area contributed by atoms with Gasteiger partial charge in [0, 0.05) is 43.7 Å². The summed E-state index contributed by atoms with van der Waals surface area (Å²) in [5.74, 6) is -0.0106. The van der Waals surface area contributed by atoms with E-state index in [9.17, 15) is 4.79 Å². The van der Waals surface area contributed by atoms with Crippen LogP contribution in [-0.4, -0.2) is 70.3 Å². The number of amides is 1. The molecule has 138 valence electrons. The van der Waals surface area contributed by atoms with Crippen LogP contribution in [0.4, 0.5) is 0 Å². The van der Waals surface area contributed by atoms with Crippen molar-refractivity contribution in [2.24, 2.45) is 0 Å². The normalized spacial score (nSPS) is 15.2. The molecule has 27 heavy (non-hydrogen) atoms. The first-order valence-corrected chi connectivity index (χ1v) is 9.21. The van der Waals surface area contributed by atoms with Gasteiger partial charge in [0.2, 0.25) is 0 Å². The van der Waals surface area contributed by atoms with Crippen LogP contribution in [0.2, 0.25) is 0 Å². The smallest absolute Gasteiger partial charge is 0.256 e. The maximum Gasteiger partial charge on any atom is 0.256 e. The average Bonchev–Trinajstić information content (AvgIpc) is 2.74. The van der Waals surface area contributed by atoms with Crippen molar-refractivity contribution in [2.45, 2.75) is 0 Å². The molecule has 6 heteroatoms. The number of piperazine rings is 1. The molecule has 1 aliphatic rings. The fourth-order valence-electron chi connectivity index (χ4n) is 3.54. The van der Waals surface area contributed by atoms with Crippen molar-refractivity contribution >= 4 is 16.8 Å². The Balaban J connectivity index is 1.74. The lowest BCUT2D eigenvalue weighted by molar-refractivity contribution is 0.0617. The molecular formula is C21H22N4O2. The van der Waals surface area contributed by atoms with E-state index in [-0.39, 0.29) is 12.5 Å². The van der Waals surface area contributed by atoms with Crippen molar-refractivity contribution in [1.29, 1.82) is 0 Å². The number of nitrogens with zero attached hydrogens (tertiary/aromatic N) is 4. The van der Waals surface area contributed by atoms with E-state index in [1.807, 2.05) is 59.5 Å². The third kappa shape index (κ3) is 3.54. The molecule has 2 heterocycles. The Morgan fingerprint density at radius 2 is 1.63 bits per heavy atom. The molecule has 1 aromatic heterocycles. The van der Waals surface area contributed by atoms with E-state index in [4.69, 9.17) is 5.11 Å². The molecule has 1 N–H and O–H groups in total. The zero-order valence-corrected chi connectivity index (χ0v) is 15.1. The van der Waals surface area contributed by atoms with Crippen molar-refractivity contribution in [3.63, 3.8) is 0 Å². The standard InChI is InChI=1S/C21H22N4O2/c26-15-14-24-10-12-25(13-11-24)21(27)19-17-8-4-5-9-18(17)22-23-20(19)16-6-2-1-3-7-16/h1-9,26H,10-15H2. The lowest BCUT2D eigenvalue weighted by Crippen LogP contribution is -2.49. The third-order valence-corrected chi connectivity index (χ3v) is 5.00. The van der Waals surface area contributed by atoms with Gasteiger partial charge in [-0.25, -0.2) is 0 Å². The lowest BCUT2D eigenvalue weighted by atomic mass is 10.0. The number of aliphatic hydroxyl groups is 1. The number of carbonyl (C=O) groups is 1. The summed E-state index contributed by atoms with van der Waals surface area (Å²) < 4.78 is 0. The Bertz CT molecular complexity index is 937. The van der Waals surface area contributed by atoms with Gasteiger partial charge in [-0.1, -0.05) is 48.5 Å². The molecule has 1 saturated heterocycles. The van der Waals surface area contributed by atoms with E-state index >= 15 is 0 Å². The molecule has 6 nitrogen and oxygen atoms in total. The van der Waals surface area contributed by atoms with Crippen LogP contribution in [0, 0.1) is 0 Å². The van der Waals surface area contributed by atoms with Crippen LogP contribution < -0.4 is 0 Å². The van der Waals surface area contributed by atoms with Crippen LogP contribution in [0.3, 0.4) is 0 Å². The second kappa shape index (κ2) is 7.82. The first-order chi connectivity index (χ1) is 13.3. The summed E-state index contributed by atoms with van der Waals surface area (Å²) in [6.07, 6.45) is 0. The molecule has 1 fully saturated rings. The van der Waals surface area contributed by atoms with Gasteiger partial charge in [0.25, 0.3) is 5.91 Å². The molecule has 0 atom stereocenters. The maximum absolute atomic E-state index is 13.5. The van der Waals surface area contributed by atoms with Gasteiger partial charge in [-0.2, -0.15) is 0 Å². The molecule has 4 rings (SSSR count). The van der Waals surface area contributed by atoms with Crippen LogP contribution in [0.25, 0.3) is 22.2 Å². The zero-order chi connectivity index (χ0) is 18.6. The number of hydrogen-bond donors (Lipinski definition) is 1. The highest BCUT2D eigenvalue weighted by molar-refractivity contribution is 6.10. The molecule has 0 unspecified atom stereocenters. The Labute approximate surface area is 158 Å². The number of aromatic nitrogens is 2. The predicted molar refractivity (Wildman–Crippen MR) is 104 cm³/mol. The van der Waals surface area contributed by atoms with Crippen LogP contribution in [0.1, 0.15) is 10.4 Å². The minimum Gasteiger partial charge on any atom is -0.395 e. The number of aliphatic hydroxyl groups excluding tert-OH is 1. The van der Waals surface area contributed by atoms with Crippen molar-refractivity contribution in [3.8, 4) is 11.3 Å². The van der Waals surface area contributed by atoms with Gasteiger partial charge in [-0.15, -0.1) is 10.2 Å². The topological polar surface area (TPSA) is 69.6 Å². The van der Waals surface area contributed by atoms with Crippen LogP contribution in [-0.2, 0) is 0 Å².